The van der Waals surface area contributed by atoms with Crippen LogP contribution in [0.3, 0.4) is 0 Å². The number of aromatic nitrogens is 2. The van der Waals surface area contributed by atoms with E-state index in [0.29, 0.717) is 51.5 Å². The smallest absolute Gasteiger partial charge is 0.192 e. The monoisotopic (exact) mass is 633 g/mol. The summed E-state index contributed by atoms with van der Waals surface area (Å²) in [5.41, 5.74) is 9.67. The van der Waals surface area contributed by atoms with E-state index in [-0.39, 0.29) is 16.4 Å². The number of thiazole rings is 1. The van der Waals surface area contributed by atoms with Gasteiger partial charge in [-0.05, 0) is 48.0 Å². The van der Waals surface area contributed by atoms with Crippen molar-refractivity contribution in [1.82, 2.24) is 9.97 Å². The van der Waals surface area contributed by atoms with Gasteiger partial charge in [-0.25, -0.2) is 9.97 Å². The quantitative estimate of drug-likeness (QED) is 0.105. The van der Waals surface area contributed by atoms with Crippen LogP contribution >= 0.6 is 34.7 Å². The largest absolute Gasteiger partial charge is 0.491 e. The zero-order valence-electron chi connectivity index (χ0n) is 24.2. The average Bonchev–Trinajstić information content (AvgIpc) is 3.43. The van der Waals surface area contributed by atoms with Crippen LogP contribution in [0.25, 0.3) is 21.7 Å². The van der Waals surface area contributed by atoms with Gasteiger partial charge in [-0.3, -0.25) is 0 Å². The summed E-state index contributed by atoms with van der Waals surface area (Å²) in [5.74, 6) is 1.24. The van der Waals surface area contributed by atoms with Gasteiger partial charge in [0.15, 0.2) is 8.32 Å². The van der Waals surface area contributed by atoms with Gasteiger partial charge in [-0.2, -0.15) is 10.5 Å². The molecule has 0 spiro atoms. The predicted octanol–water partition coefficient (Wildman–Crippen LogP) is 8.54. The second-order valence-corrected chi connectivity index (χ2v) is 18.1. The number of nitrogens with two attached hydrogens (primary N) is 1. The first-order valence-electron chi connectivity index (χ1n) is 13.3. The topological polar surface area (TPSA) is 118 Å². The first-order chi connectivity index (χ1) is 19.9. The van der Waals surface area contributed by atoms with Crippen molar-refractivity contribution >= 4 is 48.8 Å². The van der Waals surface area contributed by atoms with Crippen molar-refractivity contribution in [3.63, 3.8) is 0 Å². The maximum absolute atomic E-state index is 10.2. The van der Waals surface area contributed by atoms with Crippen LogP contribution in [0, 0.1) is 22.7 Å². The van der Waals surface area contributed by atoms with Gasteiger partial charge in [-0.15, -0.1) is 11.3 Å². The van der Waals surface area contributed by atoms with E-state index < -0.39 is 8.32 Å². The molecule has 0 aliphatic rings. The van der Waals surface area contributed by atoms with E-state index in [1.54, 1.807) is 0 Å². The number of hydrogen-bond acceptors (Lipinski definition) is 9. The van der Waals surface area contributed by atoms with Crippen molar-refractivity contribution in [2.75, 3.05) is 18.9 Å². The third kappa shape index (κ3) is 7.33. The molecule has 4 aromatic rings. The Balaban J connectivity index is 1.50. The highest BCUT2D eigenvalue weighted by Crippen LogP contribution is 2.38. The van der Waals surface area contributed by atoms with Crippen LogP contribution in [0.4, 0.5) is 5.82 Å². The van der Waals surface area contributed by atoms with Crippen LogP contribution in [0.15, 0.2) is 58.9 Å². The summed E-state index contributed by atoms with van der Waals surface area (Å²) >= 11 is 8.90. The van der Waals surface area contributed by atoms with Gasteiger partial charge in [0.25, 0.3) is 0 Å². The Kier molecular flexibility index (Phi) is 9.98. The number of pyridine rings is 1. The van der Waals surface area contributed by atoms with Gasteiger partial charge in [0.05, 0.1) is 17.9 Å². The summed E-state index contributed by atoms with van der Waals surface area (Å²) in [4.78, 5) is 9.14. The zero-order chi connectivity index (χ0) is 30.5. The van der Waals surface area contributed by atoms with Gasteiger partial charge in [0, 0.05) is 27.3 Å². The van der Waals surface area contributed by atoms with Gasteiger partial charge in [0.2, 0.25) is 0 Å². The van der Waals surface area contributed by atoms with Crippen molar-refractivity contribution in [2.45, 2.75) is 49.7 Å². The number of hydrogen-bond donors (Lipinski definition) is 1. The molecule has 0 bridgehead atoms. The first-order valence-corrected chi connectivity index (χ1v) is 18.4. The van der Waals surface area contributed by atoms with Crippen LogP contribution in [-0.4, -0.2) is 31.5 Å². The molecule has 0 atom stereocenters. The molecule has 2 aromatic heterocycles. The maximum atomic E-state index is 10.2. The summed E-state index contributed by atoms with van der Waals surface area (Å²) < 4.78 is 12.1. The Labute approximate surface area is 261 Å². The lowest BCUT2D eigenvalue weighted by Crippen LogP contribution is -2.41. The first kappa shape index (κ1) is 31.6. The van der Waals surface area contributed by atoms with Gasteiger partial charge in [-0.1, -0.05) is 68.4 Å². The summed E-state index contributed by atoms with van der Waals surface area (Å²) in [6.07, 6.45) is 0. The molecule has 0 aliphatic heterocycles. The van der Waals surface area contributed by atoms with E-state index in [0.717, 1.165) is 16.3 Å². The van der Waals surface area contributed by atoms with E-state index >= 15 is 0 Å². The van der Waals surface area contributed by atoms with Crippen LogP contribution in [0.1, 0.15) is 37.6 Å². The third-order valence-corrected chi connectivity index (χ3v) is 13.9. The maximum Gasteiger partial charge on any atom is 0.192 e. The third-order valence-electron chi connectivity index (χ3n) is 7.18. The molecule has 0 radical (unpaired) electrons. The fourth-order valence-corrected chi connectivity index (χ4v) is 6.79. The second kappa shape index (κ2) is 13.3. The fraction of sp³-hybridized carbons (Fsp3) is 0.290. The van der Waals surface area contributed by atoms with Gasteiger partial charge >= 0.3 is 0 Å². The van der Waals surface area contributed by atoms with Crippen LogP contribution < -0.4 is 10.5 Å². The molecule has 0 saturated carbocycles. The molecular formula is C31H32ClN5O2S2Si. The highest BCUT2D eigenvalue weighted by molar-refractivity contribution is 7.98. The SMILES string of the molecule is CC(C)(C)[Si](C)(C)OCCOc1ccc(-c2c(C#N)c(N)nc(SCc3csc(-c4ccc(Cl)cc4)n3)c2C#N)cc1. The van der Waals surface area contributed by atoms with E-state index in [1.807, 2.05) is 53.9 Å². The molecule has 0 saturated heterocycles. The standard InChI is InChI=1S/C31H32ClN5O2S2Si/c1-31(2,3)42(4,5)39-15-14-38-24-12-8-20(9-13-24)27-25(16-33)28(35)37-30(26(27)17-34)41-19-23-18-40-29(36-23)21-6-10-22(32)11-7-21/h6-13,18H,14-15,19H2,1-5H3,(H2,35,37). The minimum Gasteiger partial charge on any atom is -0.491 e. The van der Waals surface area contributed by atoms with Crippen molar-refractivity contribution in [2.24, 2.45) is 0 Å². The number of halogens is 1. The van der Waals surface area contributed by atoms with Crippen LogP contribution in [0.2, 0.25) is 23.2 Å². The number of nitriles is 2. The average molecular weight is 634 g/mol. The molecule has 0 fully saturated rings. The summed E-state index contributed by atoms with van der Waals surface area (Å²) in [6.45, 7) is 12.0. The van der Waals surface area contributed by atoms with Gasteiger partial charge in [0.1, 0.15) is 45.9 Å². The van der Waals surface area contributed by atoms with Gasteiger partial charge < -0.3 is 14.9 Å². The number of thioether (sulfide) groups is 1. The van der Waals surface area contributed by atoms with Crippen molar-refractivity contribution < 1.29 is 9.16 Å². The Morgan fingerprint density at radius 2 is 1.60 bits per heavy atom. The summed E-state index contributed by atoms with van der Waals surface area (Å²) in [6, 6.07) is 19.2. The summed E-state index contributed by atoms with van der Waals surface area (Å²) in [7, 11) is -1.84. The molecule has 7 nitrogen and oxygen atoms in total. The fourth-order valence-electron chi connectivity index (χ4n) is 3.82. The molecule has 216 valence electrons. The lowest BCUT2D eigenvalue weighted by molar-refractivity contribution is 0.203. The Bertz CT molecular complexity index is 1640. The van der Waals surface area contributed by atoms with Crippen LogP contribution in [0.5, 0.6) is 5.75 Å². The number of nitrogen functional groups attached to an aromatic ring is 1. The minimum absolute atomic E-state index is 0.0808. The Morgan fingerprint density at radius 3 is 2.21 bits per heavy atom. The minimum atomic E-state index is -1.84. The van der Waals surface area contributed by atoms with E-state index in [9.17, 15) is 10.5 Å². The Morgan fingerprint density at radius 1 is 0.952 bits per heavy atom. The van der Waals surface area contributed by atoms with Crippen LogP contribution in [-0.2, 0) is 10.2 Å². The van der Waals surface area contributed by atoms with E-state index in [1.165, 1.54) is 23.1 Å². The molecule has 2 aromatic carbocycles. The molecule has 11 heteroatoms. The normalized spacial score (nSPS) is 11.6. The highest BCUT2D eigenvalue weighted by Gasteiger charge is 2.36. The Hall–Kier alpha value is -3.38. The number of rotatable bonds is 10. The number of anilines is 1. The zero-order valence-corrected chi connectivity index (χ0v) is 27.6. The number of ether oxygens (including phenoxy) is 1. The molecular weight excluding hydrogens is 602 g/mol. The van der Waals surface area contributed by atoms with Crippen molar-refractivity contribution in [3.8, 4) is 39.6 Å². The number of benzene rings is 2. The molecule has 0 aliphatic carbocycles. The molecule has 4 rings (SSSR count). The molecule has 2 heterocycles. The van der Waals surface area contributed by atoms with E-state index in [2.05, 4.69) is 51.0 Å². The lowest BCUT2D eigenvalue weighted by atomic mass is 9.97. The highest BCUT2D eigenvalue weighted by atomic mass is 35.5. The van der Waals surface area contributed by atoms with Crippen molar-refractivity contribution in [3.05, 3.63) is 75.8 Å². The molecule has 42 heavy (non-hydrogen) atoms. The van der Waals surface area contributed by atoms with E-state index in [4.69, 9.17) is 31.5 Å². The van der Waals surface area contributed by atoms with Crippen molar-refractivity contribution in [1.29, 1.82) is 10.5 Å². The molecule has 0 unspecified atom stereocenters. The lowest BCUT2D eigenvalue weighted by Gasteiger charge is -2.36. The molecule has 2 N–H and O–H groups in total. The predicted molar refractivity (Wildman–Crippen MR) is 174 cm³/mol. The second-order valence-electron chi connectivity index (χ2n) is 11.1. The summed E-state index contributed by atoms with van der Waals surface area (Å²) in [5, 5.41) is 24.2. The number of nitrogens with zero attached hydrogens (tertiary/aromatic N) is 4. The molecule has 0 amide bonds.